The van der Waals surface area contributed by atoms with E-state index in [0.717, 1.165) is 5.69 Å². The molecule has 0 aliphatic heterocycles. The Morgan fingerprint density at radius 1 is 1.06 bits per heavy atom. The molecule has 0 spiro atoms. The highest BCUT2D eigenvalue weighted by atomic mass is 16.1. The number of rotatable bonds is 4. The second-order valence-corrected chi connectivity index (χ2v) is 8.46. The molecular formula is C23H25N7O. The number of fused-ring (bicyclic) bond motifs is 1. The first kappa shape index (κ1) is 20.5. The van der Waals surface area contributed by atoms with Crippen LogP contribution < -0.4 is 10.2 Å². The Bertz CT molecular complexity index is 1220. The Hall–Kier alpha value is -3.81. The zero-order valence-electron chi connectivity index (χ0n) is 18.3. The lowest BCUT2D eigenvalue weighted by Crippen LogP contribution is -2.19. The molecule has 0 fully saturated rings. The van der Waals surface area contributed by atoms with Gasteiger partial charge in [0.15, 0.2) is 11.5 Å². The summed E-state index contributed by atoms with van der Waals surface area (Å²) in [7, 11) is 1.87. The summed E-state index contributed by atoms with van der Waals surface area (Å²) in [5, 5.41) is 7.25. The Kier molecular flexibility index (Phi) is 5.14. The standard InChI is InChI=1S/C23H25N7O/c1-15-13-25-20(14-24-15)29(5)21-12-18(27-19-10-11-26-30(19)21)28-22(31)16-6-8-17(9-7-16)23(2,3)4/h6-14H,1-5H3,(H,27,28,31). The molecule has 8 heteroatoms. The van der Waals surface area contributed by atoms with E-state index < -0.39 is 0 Å². The fourth-order valence-electron chi connectivity index (χ4n) is 3.19. The number of nitrogens with one attached hydrogen (secondary N) is 1. The van der Waals surface area contributed by atoms with E-state index in [2.05, 4.69) is 46.1 Å². The zero-order valence-corrected chi connectivity index (χ0v) is 18.3. The molecule has 0 aliphatic rings. The van der Waals surface area contributed by atoms with E-state index in [1.165, 1.54) is 5.56 Å². The average molecular weight is 416 g/mol. The van der Waals surface area contributed by atoms with Crippen molar-refractivity contribution in [2.24, 2.45) is 0 Å². The number of carbonyl (C=O) groups excluding carboxylic acids is 1. The maximum atomic E-state index is 12.8. The van der Waals surface area contributed by atoms with Crippen LogP contribution in [0.1, 0.15) is 42.4 Å². The lowest BCUT2D eigenvalue weighted by molar-refractivity contribution is 0.102. The van der Waals surface area contributed by atoms with Gasteiger partial charge in [0.1, 0.15) is 11.6 Å². The number of benzene rings is 1. The van der Waals surface area contributed by atoms with Crippen LogP contribution in [0.2, 0.25) is 0 Å². The summed E-state index contributed by atoms with van der Waals surface area (Å²) >= 11 is 0. The highest BCUT2D eigenvalue weighted by molar-refractivity contribution is 6.04. The van der Waals surface area contributed by atoms with Crippen LogP contribution in [-0.4, -0.2) is 37.5 Å². The molecule has 158 valence electrons. The second kappa shape index (κ2) is 7.79. The Labute approximate surface area is 181 Å². The number of amides is 1. The minimum absolute atomic E-state index is 0.0297. The molecule has 0 saturated carbocycles. The van der Waals surface area contributed by atoms with Crippen LogP contribution in [0.5, 0.6) is 0 Å². The van der Waals surface area contributed by atoms with E-state index >= 15 is 0 Å². The predicted molar refractivity (Wildman–Crippen MR) is 121 cm³/mol. The van der Waals surface area contributed by atoms with Gasteiger partial charge in [0, 0.05) is 24.7 Å². The van der Waals surface area contributed by atoms with E-state index in [0.29, 0.717) is 28.7 Å². The maximum absolute atomic E-state index is 12.8. The van der Waals surface area contributed by atoms with Crippen LogP contribution in [0.25, 0.3) is 5.65 Å². The van der Waals surface area contributed by atoms with Crippen molar-refractivity contribution in [3.8, 4) is 0 Å². The highest BCUT2D eigenvalue weighted by Gasteiger charge is 2.17. The van der Waals surface area contributed by atoms with Crippen molar-refractivity contribution in [2.75, 3.05) is 17.3 Å². The molecule has 1 N–H and O–H groups in total. The molecule has 4 aromatic rings. The van der Waals surface area contributed by atoms with E-state index in [-0.39, 0.29) is 11.3 Å². The van der Waals surface area contributed by atoms with Crippen molar-refractivity contribution in [3.05, 3.63) is 71.8 Å². The fourth-order valence-corrected chi connectivity index (χ4v) is 3.19. The Balaban J connectivity index is 1.64. The van der Waals surface area contributed by atoms with Crippen LogP contribution in [-0.2, 0) is 5.41 Å². The normalized spacial score (nSPS) is 11.5. The molecule has 0 saturated heterocycles. The summed E-state index contributed by atoms with van der Waals surface area (Å²) in [6.07, 6.45) is 5.06. The number of anilines is 3. The third-order valence-corrected chi connectivity index (χ3v) is 5.05. The Morgan fingerprint density at radius 3 is 2.45 bits per heavy atom. The fraction of sp³-hybridized carbons (Fsp3) is 0.261. The molecule has 0 atom stereocenters. The average Bonchev–Trinajstić information content (AvgIpc) is 3.21. The van der Waals surface area contributed by atoms with Crippen molar-refractivity contribution in [1.29, 1.82) is 0 Å². The number of hydrogen-bond acceptors (Lipinski definition) is 6. The second-order valence-electron chi connectivity index (χ2n) is 8.46. The van der Waals surface area contributed by atoms with Crippen LogP contribution in [0.3, 0.4) is 0 Å². The van der Waals surface area contributed by atoms with Crippen molar-refractivity contribution >= 4 is 29.0 Å². The first-order chi connectivity index (χ1) is 14.7. The number of hydrogen-bond donors (Lipinski definition) is 1. The van der Waals surface area contributed by atoms with Crippen molar-refractivity contribution in [3.63, 3.8) is 0 Å². The molecule has 0 bridgehead atoms. The van der Waals surface area contributed by atoms with Crippen molar-refractivity contribution < 1.29 is 4.79 Å². The van der Waals surface area contributed by atoms with E-state index in [9.17, 15) is 4.79 Å². The first-order valence-corrected chi connectivity index (χ1v) is 10.0. The van der Waals surface area contributed by atoms with E-state index in [1.807, 2.05) is 43.1 Å². The van der Waals surface area contributed by atoms with Gasteiger partial charge in [-0.1, -0.05) is 32.9 Å². The van der Waals surface area contributed by atoms with Gasteiger partial charge in [0.2, 0.25) is 0 Å². The smallest absolute Gasteiger partial charge is 0.256 e. The zero-order chi connectivity index (χ0) is 22.2. The molecule has 0 aliphatic carbocycles. The summed E-state index contributed by atoms with van der Waals surface area (Å²) in [4.78, 5) is 27.9. The highest BCUT2D eigenvalue weighted by Crippen LogP contribution is 2.25. The summed E-state index contributed by atoms with van der Waals surface area (Å²) < 4.78 is 1.69. The van der Waals surface area contributed by atoms with Crippen LogP contribution >= 0.6 is 0 Å². The van der Waals surface area contributed by atoms with Gasteiger partial charge in [0.25, 0.3) is 5.91 Å². The van der Waals surface area contributed by atoms with Gasteiger partial charge < -0.3 is 10.2 Å². The number of aryl methyl sites for hydroxylation is 1. The molecule has 3 aromatic heterocycles. The Morgan fingerprint density at radius 2 is 1.81 bits per heavy atom. The number of carbonyl (C=O) groups is 1. The van der Waals surface area contributed by atoms with Gasteiger partial charge in [-0.3, -0.25) is 9.78 Å². The van der Waals surface area contributed by atoms with Gasteiger partial charge in [-0.05, 0) is 30.0 Å². The monoisotopic (exact) mass is 415 g/mol. The lowest BCUT2D eigenvalue weighted by Gasteiger charge is -2.20. The van der Waals surface area contributed by atoms with Crippen molar-refractivity contribution in [2.45, 2.75) is 33.1 Å². The molecule has 1 amide bonds. The third-order valence-electron chi connectivity index (χ3n) is 5.05. The summed E-state index contributed by atoms with van der Waals surface area (Å²) in [6.45, 7) is 8.31. The predicted octanol–water partition coefficient (Wildman–Crippen LogP) is 4.15. The quantitative estimate of drug-likeness (QED) is 0.539. The number of nitrogens with zero attached hydrogens (tertiary/aromatic N) is 6. The minimum atomic E-state index is -0.222. The summed E-state index contributed by atoms with van der Waals surface area (Å²) in [5.41, 5.74) is 3.22. The molecule has 3 heterocycles. The van der Waals surface area contributed by atoms with Gasteiger partial charge in [-0.25, -0.2) is 9.97 Å². The third kappa shape index (κ3) is 4.23. The number of aromatic nitrogens is 5. The summed E-state index contributed by atoms with van der Waals surface area (Å²) in [6, 6.07) is 11.2. The largest absolute Gasteiger partial charge is 0.313 e. The molecule has 8 nitrogen and oxygen atoms in total. The first-order valence-electron chi connectivity index (χ1n) is 10.0. The summed E-state index contributed by atoms with van der Waals surface area (Å²) in [5.74, 6) is 1.57. The molecule has 31 heavy (non-hydrogen) atoms. The molecular weight excluding hydrogens is 390 g/mol. The van der Waals surface area contributed by atoms with E-state index in [1.54, 1.807) is 35.2 Å². The SMILES string of the molecule is Cc1cnc(N(C)c2cc(NC(=O)c3ccc(C(C)(C)C)cc3)nc3ccnn23)cn1. The van der Waals surface area contributed by atoms with Gasteiger partial charge in [0.05, 0.1) is 24.3 Å². The van der Waals surface area contributed by atoms with Crippen LogP contribution in [0.4, 0.5) is 17.5 Å². The topological polar surface area (TPSA) is 88.3 Å². The minimum Gasteiger partial charge on any atom is -0.313 e. The van der Waals surface area contributed by atoms with Gasteiger partial charge in [-0.15, -0.1) is 0 Å². The van der Waals surface area contributed by atoms with Crippen LogP contribution in [0.15, 0.2) is 55.0 Å². The molecule has 4 rings (SSSR count). The maximum Gasteiger partial charge on any atom is 0.256 e. The molecule has 0 radical (unpaired) electrons. The van der Waals surface area contributed by atoms with Gasteiger partial charge in [-0.2, -0.15) is 9.61 Å². The molecule has 0 unspecified atom stereocenters. The van der Waals surface area contributed by atoms with E-state index in [4.69, 9.17) is 0 Å². The lowest BCUT2D eigenvalue weighted by atomic mass is 9.87. The van der Waals surface area contributed by atoms with Gasteiger partial charge >= 0.3 is 0 Å². The van der Waals surface area contributed by atoms with Crippen LogP contribution in [0, 0.1) is 6.92 Å². The molecule has 1 aromatic carbocycles. The van der Waals surface area contributed by atoms with Crippen molar-refractivity contribution in [1.82, 2.24) is 24.6 Å².